The van der Waals surface area contributed by atoms with Crippen LogP contribution in [0, 0.1) is 0 Å². The first-order chi connectivity index (χ1) is 9.19. The molecule has 0 radical (unpaired) electrons. The Labute approximate surface area is 122 Å². The number of hydrogen-bond donors (Lipinski definition) is 1. The predicted molar refractivity (Wildman–Crippen MR) is 78.3 cm³/mol. The van der Waals surface area contributed by atoms with Crippen molar-refractivity contribution in [2.45, 2.75) is 12.5 Å². The number of carbonyl (C=O) groups excluding carboxylic acids is 1. The molecule has 19 heavy (non-hydrogen) atoms. The quantitative estimate of drug-likeness (QED) is 0.898. The molecule has 1 fully saturated rings. The number of ether oxygens (including phenoxy) is 1. The molecule has 1 heterocycles. The lowest BCUT2D eigenvalue weighted by Gasteiger charge is -2.16. The fourth-order valence-electron chi connectivity index (χ4n) is 2.27. The molecule has 2 rings (SSSR count). The van der Waals surface area contributed by atoms with E-state index in [9.17, 15) is 4.79 Å². The Kier molecular flexibility index (Phi) is 5.36. The molecule has 104 valence electrons. The van der Waals surface area contributed by atoms with Crippen LogP contribution in [-0.4, -0.2) is 50.2 Å². The summed E-state index contributed by atoms with van der Waals surface area (Å²) in [5.41, 5.74) is 0.699. The molecule has 1 atom stereocenters. The van der Waals surface area contributed by atoms with E-state index in [4.69, 9.17) is 4.74 Å². The highest BCUT2D eigenvalue weighted by atomic mass is 79.9. The van der Waals surface area contributed by atoms with Crippen molar-refractivity contribution >= 4 is 21.8 Å². The zero-order valence-corrected chi connectivity index (χ0v) is 12.6. The van der Waals surface area contributed by atoms with Crippen LogP contribution < -0.4 is 5.32 Å². The highest BCUT2D eigenvalue weighted by Gasteiger charge is 2.23. The number of hydrogen-bond acceptors (Lipinski definition) is 3. The van der Waals surface area contributed by atoms with Gasteiger partial charge in [-0.1, -0.05) is 22.0 Å². The lowest BCUT2D eigenvalue weighted by Crippen LogP contribution is -2.37. The van der Waals surface area contributed by atoms with Crippen molar-refractivity contribution in [2.75, 3.05) is 33.4 Å². The molecule has 0 aliphatic carbocycles. The number of methoxy groups -OCH3 is 1. The van der Waals surface area contributed by atoms with E-state index < -0.39 is 0 Å². The van der Waals surface area contributed by atoms with Crippen LogP contribution in [0.3, 0.4) is 0 Å². The van der Waals surface area contributed by atoms with Crippen molar-refractivity contribution in [3.05, 3.63) is 34.3 Å². The molecule has 0 spiro atoms. The summed E-state index contributed by atoms with van der Waals surface area (Å²) in [4.78, 5) is 14.4. The minimum absolute atomic E-state index is 0.000100. The van der Waals surface area contributed by atoms with E-state index in [0.29, 0.717) is 5.56 Å². The van der Waals surface area contributed by atoms with Gasteiger partial charge in [0.25, 0.3) is 5.91 Å². The number of halogens is 1. The third kappa shape index (κ3) is 4.30. The average molecular weight is 327 g/mol. The molecule has 1 aromatic carbocycles. The number of benzene rings is 1. The van der Waals surface area contributed by atoms with Gasteiger partial charge in [-0.3, -0.25) is 9.69 Å². The second kappa shape index (κ2) is 7.03. The van der Waals surface area contributed by atoms with Gasteiger partial charge in [-0.2, -0.15) is 0 Å². The topological polar surface area (TPSA) is 41.6 Å². The second-order valence-electron chi connectivity index (χ2n) is 4.76. The van der Waals surface area contributed by atoms with E-state index in [-0.39, 0.29) is 11.9 Å². The van der Waals surface area contributed by atoms with E-state index >= 15 is 0 Å². The number of likely N-dealkylation sites (tertiary alicyclic amines) is 1. The van der Waals surface area contributed by atoms with Gasteiger partial charge in [0.05, 0.1) is 6.61 Å². The van der Waals surface area contributed by atoms with Crippen LogP contribution in [0.25, 0.3) is 0 Å². The van der Waals surface area contributed by atoms with Crippen molar-refractivity contribution < 1.29 is 9.53 Å². The van der Waals surface area contributed by atoms with Gasteiger partial charge in [-0.15, -0.1) is 0 Å². The van der Waals surface area contributed by atoms with E-state index in [1.807, 2.05) is 24.3 Å². The summed E-state index contributed by atoms with van der Waals surface area (Å²) >= 11 is 3.38. The van der Waals surface area contributed by atoms with Gasteiger partial charge >= 0.3 is 0 Å². The minimum Gasteiger partial charge on any atom is -0.383 e. The molecule has 4 nitrogen and oxygen atoms in total. The molecule has 1 saturated heterocycles. The van der Waals surface area contributed by atoms with Crippen molar-refractivity contribution in [1.29, 1.82) is 0 Å². The molecule has 5 heteroatoms. The van der Waals surface area contributed by atoms with Crippen LogP contribution in [0.1, 0.15) is 16.8 Å². The molecule has 1 amide bonds. The number of amides is 1. The molecule has 1 aliphatic heterocycles. The molecule has 1 N–H and O–H groups in total. The van der Waals surface area contributed by atoms with Gasteiger partial charge in [-0.25, -0.2) is 0 Å². The fourth-order valence-corrected chi connectivity index (χ4v) is 2.67. The maximum absolute atomic E-state index is 12.1. The standard InChI is InChI=1S/C14H19BrN2O2/c1-19-8-7-17-6-5-13(10-17)16-14(18)11-3-2-4-12(15)9-11/h2-4,9,13H,5-8,10H2,1H3,(H,16,18). The Balaban J connectivity index is 1.84. The van der Waals surface area contributed by atoms with E-state index in [1.54, 1.807) is 7.11 Å². The van der Waals surface area contributed by atoms with Crippen molar-refractivity contribution in [1.82, 2.24) is 10.2 Å². The highest BCUT2D eigenvalue weighted by molar-refractivity contribution is 9.10. The zero-order chi connectivity index (χ0) is 13.7. The third-order valence-electron chi connectivity index (χ3n) is 3.31. The van der Waals surface area contributed by atoms with Gasteiger partial charge in [0.1, 0.15) is 0 Å². The van der Waals surface area contributed by atoms with Gasteiger partial charge < -0.3 is 10.1 Å². The largest absolute Gasteiger partial charge is 0.383 e. The Morgan fingerprint density at radius 2 is 2.42 bits per heavy atom. The molecule has 0 bridgehead atoms. The molecule has 0 aromatic heterocycles. The summed E-state index contributed by atoms with van der Waals surface area (Å²) < 4.78 is 5.99. The first-order valence-corrected chi connectivity index (χ1v) is 7.26. The highest BCUT2D eigenvalue weighted by Crippen LogP contribution is 2.13. The first-order valence-electron chi connectivity index (χ1n) is 6.47. The summed E-state index contributed by atoms with van der Waals surface area (Å²) in [7, 11) is 1.71. The molecule has 1 aliphatic rings. The normalized spacial score (nSPS) is 19.6. The van der Waals surface area contributed by atoms with Crippen molar-refractivity contribution in [3.63, 3.8) is 0 Å². The molecule has 1 unspecified atom stereocenters. The summed E-state index contributed by atoms with van der Waals surface area (Å²) in [5.74, 6) is -0.000100. The van der Waals surface area contributed by atoms with Crippen molar-refractivity contribution in [3.8, 4) is 0 Å². The fraction of sp³-hybridized carbons (Fsp3) is 0.500. The Morgan fingerprint density at radius 3 is 3.16 bits per heavy atom. The molecule has 1 aromatic rings. The lowest BCUT2D eigenvalue weighted by molar-refractivity contribution is 0.0936. The van der Waals surface area contributed by atoms with Crippen LogP contribution in [-0.2, 0) is 4.74 Å². The maximum Gasteiger partial charge on any atom is 0.251 e. The monoisotopic (exact) mass is 326 g/mol. The summed E-state index contributed by atoms with van der Waals surface area (Å²) in [6.45, 7) is 3.60. The van der Waals surface area contributed by atoms with E-state index in [0.717, 1.165) is 37.1 Å². The van der Waals surface area contributed by atoms with Crippen molar-refractivity contribution in [2.24, 2.45) is 0 Å². The van der Waals surface area contributed by atoms with Gasteiger partial charge in [-0.05, 0) is 24.6 Å². The Hall–Kier alpha value is -0.910. The maximum atomic E-state index is 12.1. The average Bonchev–Trinajstić information content (AvgIpc) is 2.84. The van der Waals surface area contributed by atoms with Crippen LogP contribution in [0.15, 0.2) is 28.7 Å². The first kappa shape index (κ1) is 14.5. The van der Waals surface area contributed by atoms with Crippen LogP contribution >= 0.6 is 15.9 Å². The summed E-state index contributed by atoms with van der Waals surface area (Å²) in [5, 5.41) is 3.09. The summed E-state index contributed by atoms with van der Waals surface area (Å²) in [6.07, 6.45) is 1.00. The van der Waals surface area contributed by atoms with E-state index in [2.05, 4.69) is 26.1 Å². The Morgan fingerprint density at radius 1 is 1.58 bits per heavy atom. The van der Waals surface area contributed by atoms with E-state index in [1.165, 1.54) is 0 Å². The molecular weight excluding hydrogens is 308 g/mol. The number of nitrogens with zero attached hydrogens (tertiary/aromatic N) is 1. The van der Waals surface area contributed by atoms with Crippen LogP contribution in [0.4, 0.5) is 0 Å². The second-order valence-corrected chi connectivity index (χ2v) is 5.68. The predicted octanol–water partition coefficient (Wildman–Crippen LogP) is 1.90. The lowest BCUT2D eigenvalue weighted by atomic mass is 10.2. The van der Waals surface area contributed by atoms with Gasteiger partial charge in [0.2, 0.25) is 0 Å². The third-order valence-corrected chi connectivity index (χ3v) is 3.80. The molecule has 0 saturated carbocycles. The van der Waals surface area contributed by atoms with Gasteiger partial charge in [0, 0.05) is 42.8 Å². The minimum atomic E-state index is -0.000100. The van der Waals surface area contributed by atoms with Crippen LogP contribution in [0.5, 0.6) is 0 Å². The zero-order valence-electron chi connectivity index (χ0n) is 11.1. The number of rotatable bonds is 5. The number of nitrogens with one attached hydrogen (secondary N) is 1. The van der Waals surface area contributed by atoms with Crippen LogP contribution in [0.2, 0.25) is 0 Å². The summed E-state index contributed by atoms with van der Waals surface area (Å²) in [6, 6.07) is 7.70. The smallest absolute Gasteiger partial charge is 0.251 e. The molecular formula is C14H19BrN2O2. The Bertz CT molecular complexity index is 439. The number of carbonyl (C=O) groups is 1. The van der Waals surface area contributed by atoms with Gasteiger partial charge in [0.15, 0.2) is 0 Å². The SMILES string of the molecule is COCCN1CCC(NC(=O)c2cccc(Br)c2)C1.